The van der Waals surface area contributed by atoms with E-state index in [2.05, 4.69) is 38.4 Å². The van der Waals surface area contributed by atoms with E-state index in [1.165, 1.54) is 6.08 Å². The van der Waals surface area contributed by atoms with Gasteiger partial charge >= 0.3 is 0 Å². The van der Waals surface area contributed by atoms with Crippen molar-refractivity contribution in [1.29, 1.82) is 0 Å². The first kappa shape index (κ1) is 20.1. The highest BCUT2D eigenvalue weighted by molar-refractivity contribution is 5.91. The van der Waals surface area contributed by atoms with Crippen LogP contribution >= 0.6 is 0 Å². The molecule has 29 heavy (non-hydrogen) atoms. The van der Waals surface area contributed by atoms with Crippen molar-refractivity contribution in [2.45, 2.75) is 6.54 Å². The normalized spacial score (nSPS) is 11.0. The highest BCUT2D eigenvalue weighted by Gasteiger charge is 2.10. The molecule has 0 atom stereocenters. The Labute approximate surface area is 170 Å². The first-order valence-electron chi connectivity index (χ1n) is 9.35. The Kier molecular flexibility index (Phi) is 6.29. The summed E-state index contributed by atoms with van der Waals surface area (Å²) in [6.45, 7) is 0.686. The maximum Gasteiger partial charge on any atom is 0.246 e. The second-order valence-electron chi connectivity index (χ2n) is 6.78. The molecular weight excluding hydrogens is 366 g/mol. The van der Waals surface area contributed by atoms with Gasteiger partial charge in [0.25, 0.3) is 0 Å². The number of benzene rings is 1. The largest absolute Gasteiger partial charge is 0.361 e. The molecule has 0 aliphatic rings. The third kappa shape index (κ3) is 5.01. The van der Waals surface area contributed by atoms with Gasteiger partial charge in [-0.15, -0.1) is 0 Å². The lowest BCUT2D eigenvalue weighted by Gasteiger charge is -2.15. The number of fused-ring (bicyclic) bond motifs is 1. The molecule has 2 amide bonds. The van der Waals surface area contributed by atoms with Crippen LogP contribution in [0.2, 0.25) is 0 Å². The predicted octanol–water partition coefficient (Wildman–Crippen LogP) is 2.40. The molecule has 2 N–H and O–H groups in total. The summed E-state index contributed by atoms with van der Waals surface area (Å²) in [4.78, 5) is 29.6. The number of likely N-dealkylation sites (N-methyl/N-ethyl adjacent to an activating group) is 2. The van der Waals surface area contributed by atoms with Crippen LogP contribution in [0.5, 0.6) is 0 Å². The van der Waals surface area contributed by atoms with Gasteiger partial charge in [0.15, 0.2) is 0 Å². The van der Waals surface area contributed by atoms with E-state index in [9.17, 15) is 9.59 Å². The smallest absolute Gasteiger partial charge is 0.246 e. The van der Waals surface area contributed by atoms with E-state index in [1.54, 1.807) is 37.3 Å². The van der Waals surface area contributed by atoms with Crippen LogP contribution < -0.4 is 10.6 Å². The highest BCUT2D eigenvalue weighted by atomic mass is 16.2. The van der Waals surface area contributed by atoms with Crippen LogP contribution in [-0.2, 0) is 23.2 Å². The van der Waals surface area contributed by atoms with E-state index >= 15 is 0 Å². The lowest BCUT2D eigenvalue weighted by atomic mass is 10.2. The third-order valence-electron chi connectivity index (χ3n) is 4.74. The van der Waals surface area contributed by atoms with Crippen LogP contribution in [0.3, 0.4) is 0 Å². The second-order valence-corrected chi connectivity index (χ2v) is 6.78. The number of aromatic nitrogens is 2. The van der Waals surface area contributed by atoms with Gasteiger partial charge < -0.3 is 20.1 Å². The summed E-state index contributed by atoms with van der Waals surface area (Å²) in [7, 11) is 5.38. The molecule has 0 fully saturated rings. The van der Waals surface area contributed by atoms with Crippen molar-refractivity contribution in [1.82, 2.24) is 19.8 Å². The molecule has 0 unspecified atom stereocenters. The van der Waals surface area contributed by atoms with Crippen molar-refractivity contribution in [3.63, 3.8) is 0 Å². The quantitative estimate of drug-likeness (QED) is 0.606. The zero-order valence-electron chi connectivity index (χ0n) is 16.8. The van der Waals surface area contributed by atoms with Gasteiger partial charge in [0.05, 0.1) is 13.1 Å². The molecule has 2 aromatic heterocycles. The van der Waals surface area contributed by atoms with Crippen LogP contribution in [0.15, 0.2) is 54.7 Å². The molecule has 0 bridgehead atoms. The number of pyridine rings is 1. The SMILES string of the molecule is CNC(=O)CNc1ccc(C=CC(=O)N(C)Cc2cc3ccccc3n2C)cn1. The fourth-order valence-electron chi connectivity index (χ4n) is 2.98. The lowest BCUT2D eigenvalue weighted by molar-refractivity contribution is -0.125. The third-order valence-corrected chi connectivity index (χ3v) is 4.74. The van der Waals surface area contributed by atoms with Gasteiger partial charge in [-0.25, -0.2) is 4.98 Å². The average molecular weight is 391 g/mol. The lowest BCUT2D eigenvalue weighted by Crippen LogP contribution is -2.26. The Morgan fingerprint density at radius 2 is 2.00 bits per heavy atom. The number of hydrogen-bond donors (Lipinski definition) is 2. The molecule has 1 aromatic carbocycles. The van der Waals surface area contributed by atoms with E-state index in [-0.39, 0.29) is 18.4 Å². The molecule has 7 nitrogen and oxygen atoms in total. The minimum absolute atomic E-state index is 0.0860. The maximum absolute atomic E-state index is 12.5. The number of nitrogens with zero attached hydrogens (tertiary/aromatic N) is 3. The molecule has 0 radical (unpaired) electrons. The van der Waals surface area contributed by atoms with E-state index in [4.69, 9.17) is 0 Å². The molecule has 3 rings (SSSR count). The predicted molar refractivity (Wildman–Crippen MR) is 115 cm³/mol. The Morgan fingerprint density at radius 3 is 2.69 bits per heavy atom. The average Bonchev–Trinajstić information content (AvgIpc) is 3.06. The Bertz CT molecular complexity index is 1040. The van der Waals surface area contributed by atoms with Crippen LogP contribution in [0.25, 0.3) is 17.0 Å². The van der Waals surface area contributed by atoms with Gasteiger partial charge in [0, 0.05) is 44.6 Å². The molecule has 7 heteroatoms. The Morgan fingerprint density at radius 1 is 1.21 bits per heavy atom. The van der Waals surface area contributed by atoms with Crippen molar-refractivity contribution in [3.05, 3.63) is 66.0 Å². The number of nitrogens with one attached hydrogen (secondary N) is 2. The molecule has 0 aliphatic heterocycles. The summed E-state index contributed by atoms with van der Waals surface area (Å²) in [5.74, 6) is 0.401. The van der Waals surface area contributed by atoms with Crippen LogP contribution in [0.4, 0.5) is 5.82 Å². The number of aryl methyl sites for hydroxylation is 1. The van der Waals surface area contributed by atoms with Gasteiger partial charge in [0.2, 0.25) is 11.8 Å². The Balaban J connectivity index is 1.59. The van der Waals surface area contributed by atoms with E-state index in [0.29, 0.717) is 12.4 Å². The monoisotopic (exact) mass is 391 g/mol. The second kappa shape index (κ2) is 9.05. The molecular formula is C22H25N5O2. The van der Waals surface area contributed by atoms with Crippen molar-refractivity contribution in [2.24, 2.45) is 7.05 Å². The molecule has 0 saturated heterocycles. The minimum atomic E-state index is -0.115. The summed E-state index contributed by atoms with van der Waals surface area (Å²) >= 11 is 0. The number of anilines is 1. The van der Waals surface area contributed by atoms with Gasteiger partial charge in [-0.3, -0.25) is 9.59 Å². The van der Waals surface area contributed by atoms with Crippen molar-refractivity contribution in [3.8, 4) is 0 Å². The topological polar surface area (TPSA) is 79.3 Å². The van der Waals surface area contributed by atoms with Crippen LogP contribution in [0, 0.1) is 0 Å². The number of hydrogen-bond acceptors (Lipinski definition) is 4. The molecule has 2 heterocycles. The zero-order chi connectivity index (χ0) is 20.8. The summed E-state index contributed by atoms with van der Waals surface area (Å²) in [6.07, 6.45) is 4.92. The molecule has 150 valence electrons. The van der Waals surface area contributed by atoms with Crippen LogP contribution in [-0.4, -0.2) is 46.9 Å². The fraction of sp³-hybridized carbons (Fsp3) is 0.227. The van der Waals surface area contributed by atoms with Gasteiger partial charge in [0.1, 0.15) is 5.82 Å². The number of rotatable bonds is 7. The van der Waals surface area contributed by atoms with Crippen molar-refractivity contribution in [2.75, 3.05) is 26.0 Å². The number of carbonyl (C=O) groups is 2. The zero-order valence-corrected chi connectivity index (χ0v) is 16.8. The summed E-state index contributed by atoms with van der Waals surface area (Å²) in [5, 5.41) is 6.62. The van der Waals surface area contributed by atoms with E-state index in [1.807, 2.05) is 25.2 Å². The summed E-state index contributed by atoms with van der Waals surface area (Å²) in [6, 6.07) is 13.9. The van der Waals surface area contributed by atoms with E-state index < -0.39 is 0 Å². The first-order chi connectivity index (χ1) is 14.0. The van der Waals surface area contributed by atoms with Gasteiger partial charge in [-0.1, -0.05) is 18.2 Å². The minimum Gasteiger partial charge on any atom is -0.361 e. The molecule has 0 spiro atoms. The first-order valence-corrected chi connectivity index (χ1v) is 9.35. The standard InChI is InChI=1S/C22H25N5O2/c1-23-21(28)14-25-20-10-8-16(13-24-20)9-11-22(29)26(2)15-18-12-17-6-4-5-7-19(17)27(18)3/h4-13H,14-15H2,1-3H3,(H,23,28)(H,24,25). The highest BCUT2D eigenvalue weighted by Crippen LogP contribution is 2.19. The fourth-order valence-corrected chi connectivity index (χ4v) is 2.98. The maximum atomic E-state index is 12.5. The number of carbonyl (C=O) groups excluding carboxylic acids is 2. The van der Waals surface area contributed by atoms with Crippen LogP contribution in [0.1, 0.15) is 11.3 Å². The molecule has 0 aliphatic carbocycles. The van der Waals surface area contributed by atoms with Crippen molar-refractivity contribution >= 4 is 34.6 Å². The van der Waals surface area contributed by atoms with Gasteiger partial charge in [-0.05, 0) is 41.3 Å². The van der Waals surface area contributed by atoms with E-state index in [0.717, 1.165) is 22.2 Å². The summed E-state index contributed by atoms with van der Waals surface area (Å²) < 4.78 is 2.11. The Hall–Kier alpha value is -3.61. The molecule has 0 saturated carbocycles. The summed E-state index contributed by atoms with van der Waals surface area (Å²) in [5.41, 5.74) is 3.03. The van der Waals surface area contributed by atoms with Crippen molar-refractivity contribution < 1.29 is 9.59 Å². The number of para-hydroxylation sites is 1. The number of amides is 2. The molecule has 3 aromatic rings. The van der Waals surface area contributed by atoms with Gasteiger partial charge in [-0.2, -0.15) is 0 Å².